The van der Waals surface area contributed by atoms with Crippen LogP contribution in [-0.4, -0.2) is 43.5 Å². The van der Waals surface area contributed by atoms with Gasteiger partial charge in [0.15, 0.2) is 0 Å². The maximum absolute atomic E-state index is 5.09. The highest BCUT2D eigenvalue weighted by atomic mass is 16.5. The molecule has 1 aromatic heterocycles. The van der Waals surface area contributed by atoms with Crippen molar-refractivity contribution in [3.05, 3.63) is 12.4 Å². The van der Waals surface area contributed by atoms with Gasteiger partial charge in [-0.1, -0.05) is 0 Å². The fourth-order valence-corrected chi connectivity index (χ4v) is 1.65. The smallest absolute Gasteiger partial charge is 0.203 e. The molecule has 5 heteroatoms. The molecule has 0 aromatic carbocycles. The van der Waals surface area contributed by atoms with Gasteiger partial charge in [-0.2, -0.15) is 0 Å². The van der Waals surface area contributed by atoms with Gasteiger partial charge in [-0.25, -0.2) is 4.98 Å². The van der Waals surface area contributed by atoms with Crippen LogP contribution in [0.2, 0.25) is 0 Å². The monoisotopic (exact) mass is 241 g/mol. The number of hydrogen-bond donors (Lipinski definition) is 1. The topological polar surface area (TPSA) is 48.3 Å². The van der Waals surface area contributed by atoms with Crippen LogP contribution in [0.15, 0.2) is 12.4 Å². The summed E-state index contributed by atoms with van der Waals surface area (Å²) in [7, 11) is 3.44. The SMILES string of the molecule is COCCCNc1nccn1C(C)CCOC. The second kappa shape index (κ2) is 8.08. The standard InChI is InChI=1S/C12H23N3O2/c1-11(5-10-17-3)15-8-7-14-12(15)13-6-4-9-16-2/h7-8,11H,4-6,9-10H2,1-3H3,(H,13,14). The Balaban J connectivity index is 2.41. The maximum atomic E-state index is 5.09. The number of nitrogens with one attached hydrogen (secondary N) is 1. The lowest BCUT2D eigenvalue weighted by Crippen LogP contribution is -2.13. The van der Waals surface area contributed by atoms with Gasteiger partial charge in [0.2, 0.25) is 5.95 Å². The molecular formula is C12H23N3O2. The Morgan fingerprint density at radius 1 is 1.35 bits per heavy atom. The summed E-state index contributed by atoms with van der Waals surface area (Å²) in [4.78, 5) is 4.31. The predicted molar refractivity (Wildman–Crippen MR) is 68.4 cm³/mol. The van der Waals surface area contributed by atoms with Crippen LogP contribution < -0.4 is 5.32 Å². The van der Waals surface area contributed by atoms with Crippen LogP contribution >= 0.6 is 0 Å². The lowest BCUT2D eigenvalue weighted by Gasteiger charge is -2.16. The first-order chi connectivity index (χ1) is 8.29. The van der Waals surface area contributed by atoms with Crippen molar-refractivity contribution in [1.29, 1.82) is 0 Å². The molecule has 1 aromatic rings. The Kier molecular flexibility index (Phi) is 6.65. The van der Waals surface area contributed by atoms with Gasteiger partial charge >= 0.3 is 0 Å². The number of hydrogen-bond acceptors (Lipinski definition) is 4. The van der Waals surface area contributed by atoms with Gasteiger partial charge in [0.05, 0.1) is 0 Å². The molecule has 0 aliphatic heterocycles. The molecule has 5 nitrogen and oxygen atoms in total. The molecule has 0 spiro atoms. The zero-order valence-electron chi connectivity index (χ0n) is 11.0. The molecule has 0 amide bonds. The van der Waals surface area contributed by atoms with Crippen LogP contribution in [0.1, 0.15) is 25.8 Å². The van der Waals surface area contributed by atoms with Crippen LogP contribution in [0.25, 0.3) is 0 Å². The highest BCUT2D eigenvalue weighted by Crippen LogP contribution is 2.16. The van der Waals surface area contributed by atoms with Gasteiger partial charge in [-0.15, -0.1) is 0 Å². The van der Waals surface area contributed by atoms with Gasteiger partial charge in [-0.05, 0) is 19.8 Å². The largest absolute Gasteiger partial charge is 0.385 e. The molecule has 1 unspecified atom stereocenters. The molecule has 1 heterocycles. The Bertz CT molecular complexity index is 302. The molecule has 0 saturated carbocycles. The van der Waals surface area contributed by atoms with Gasteiger partial charge in [0, 0.05) is 52.4 Å². The lowest BCUT2D eigenvalue weighted by molar-refractivity contribution is 0.181. The number of imidazole rings is 1. The zero-order valence-corrected chi connectivity index (χ0v) is 11.0. The average Bonchev–Trinajstić information content (AvgIpc) is 2.80. The van der Waals surface area contributed by atoms with Crippen LogP contribution in [0.5, 0.6) is 0 Å². The van der Waals surface area contributed by atoms with Crippen molar-refractivity contribution in [1.82, 2.24) is 9.55 Å². The molecule has 0 bridgehead atoms. The van der Waals surface area contributed by atoms with Crippen molar-refractivity contribution in [2.45, 2.75) is 25.8 Å². The van der Waals surface area contributed by atoms with E-state index in [0.717, 1.165) is 38.5 Å². The zero-order chi connectivity index (χ0) is 12.5. The second-order valence-corrected chi connectivity index (χ2v) is 4.06. The molecule has 17 heavy (non-hydrogen) atoms. The van der Waals surface area contributed by atoms with Crippen molar-refractivity contribution >= 4 is 5.95 Å². The first-order valence-electron chi connectivity index (χ1n) is 6.04. The molecular weight excluding hydrogens is 218 g/mol. The maximum Gasteiger partial charge on any atom is 0.203 e. The third kappa shape index (κ3) is 4.75. The minimum absolute atomic E-state index is 0.391. The molecule has 0 radical (unpaired) electrons. The van der Waals surface area contributed by atoms with E-state index in [2.05, 4.69) is 21.8 Å². The third-order valence-corrected chi connectivity index (χ3v) is 2.69. The molecule has 0 aliphatic carbocycles. The highest BCUT2D eigenvalue weighted by Gasteiger charge is 2.08. The second-order valence-electron chi connectivity index (χ2n) is 4.06. The number of aromatic nitrogens is 2. The van der Waals surface area contributed by atoms with E-state index in [1.54, 1.807) is 14.2 Å². The summed E-state index contributed by atoms with van der Waals surface area (Å²) >= 11 is 0. The van der Waals surface area contributed by atoms with Crippen LogP contribution in [0, 0.1) is 0 Å². The van der Waals surface area contributed by atoms with Crippen LogP contribution in [0.4, 0.5) is 5.95 Å². The van der Waals surface area contributed by atoms with E-state index >= 15 is 0 Å². The van der Waals surface area contributed by atoms with Crippen LogP contribution in [-0.2, 0) is 9.47 Å². The van der Waals surface area contributed by atoms with Crippen molar-refractivity contribution in [3.63, 3.8) is 0 Å². The molecule has 0 aliphatic rings. The number of nitrogens with zero attached hydrogens (tertiary/aromatic N) is 2. The number of ether oxygens (including phenoxy) is 2. The van der Waals surface area contributed by atoms with Gasteiger partial charge in [-0.3, -0.25) is 0 Å². The molecule has 0 fully saturated rings. The normalized spacial score (nSPS) is 12.6. The fraction of sp³-hybridized carbons (Fsp3) is 0.750. The van der Waals surface area contributed by atoms with E-state index in [-0.39, 0.29) is 0 Å². The van der Waals surface area contributed by atoms with E-state index < -0.39 is 0 Å². The molecule has 1 atom stereocenters. The summed E-state index contributed by atoms with van der Waals surface area (Å²) in [6.07, 6.45) is 5.79. The summed E-state index contributed by atoms with van der Waals surface area (Å²) in [5.74, 6) is 0.921. The number of methoxy groups -OCH3 is 2. The summed E-state index contributed by atoms with van der Waals surface area (Å²) in [5, 5.41) is 3.32. The molecule has 1 rings (SSSR count). The average molecular weight is 241 g/mol. The Morgan fingerprint density at radius 3 is 2.82 bits per heavy atom. The minimum atomic E-state index is 0.391. The summed E-state index contributed by atoms with van der Waals surface area (Å²) in [6.45, 7) is 4.58. The van der Waals surface area contributed by atoms with E-state index in [1.165, 1.54) is 0 Å². The highest BCUT2D eigenvalue weighted by molar-refractivity contribution is 5.26. The lowest BCUT2D eigenvalue weighted by atomic mass is 10.2. The van der Waals surface area contributed by atoms with Gasteiger partial charge in [0.25, 0.3) is 0 Å². The summed E-state index contributed by atoms with van der Waals surface area (Å²) in [6, 6.07) is 0.391. The van der Waals surface area contributed by atoms with Crippen molar-refractivity contribution in [3.8, 4) is 0 Å². The Morgan fingerprint density at radius 2 is 2.12 bits per heavy atom. The molecule has 98 valence electrons. The summed E-state index contributed by atoms with van der Waals surface area (Å²) in [5.41, 5.74) is 0. The quantitative estimate of drug-likeness (QED) is 0.671. The van der Waals surface area contributed by atoms with E-state index in [9.17, 15) is 0 Å². The first-order valence-corrected chi connectivity index (χ1v) is 6.04. The number of rotatable bonds is 9. The summed E-state index contributed by atoms with van der Waals surface area (Å²) < 4.78 is 12.2. The van der Waals surface area contributed by atoms with Crippen LogP contribution in [0.3, 0.4) is 0 Å². The molecule has 1 N–H and O–H groups in total. The van der Waals surface area contributed by atoms with Gasteiger partial charge in [0.1, 0.15) is 0 Å². The fourth-order valence-electron chi connectivity index (χ4n) is 1.65. The van der Waals surface area contributed by atoms with E-state index in [4.69, 9.17) is 9.47 Å². The van der Waals surface area contributed by atoms with Crippen molar-refractivity contribution in [2.75, 3.05) is 39.3 Å². The van der Waals surface area contributed by atoms with E-state index in [0.29, 0.717) is 6.04 Å². The van der Waals surface area contributed by atoms with Crippen molar-refractivity contribution < 1.29 is 9.47 Å². The van der Waals surface area contributed by atoms with Crippen molar-refractivity contribution in [2.24, 2.45) is 0 Å². The third-order valence-electron chi connectivity index (χ3n) is 2.69. The Labute approximate surface area is 103 Å². The minimum Gasteiger partial charge on any atom is -0.385 e. The predicted octanol–water partition coefficient (Wildman–Crippen LogP) is 1.93. The van der Waals surface area contributed by atoms with Gasteiger partial charge < -0.3 is 19.4 Å². The molecule has 0 saturated heterocycles. The first kappa shape index (κ1) is 14.0. The Hall–Kier alpha value is -1.07. The van der Waals surface area contributed by atoms with E-state index in [1.807, 2.05) is 12.4 Å². The number of anilines is 1.